The van der Waals surface area contributed by atoms with Crippen LogP contribution < -0.4 is 16.6 Å². The summed E-state index contributed by atoms with van der Waals surface area (Å²) in [5, 5.41) is 3.44. The standard InChI is InChI=1S/C20H29N5O3/c1-11(2)10-25-17-16(18(26)23-20(25)28)14(8-15(22-17)12(3)4)19(27)24(5)13-6-7-21-9-13/h8,11-13,21H,6-7,9-10H2,1-5H3,(H,23,26,28). The highest BCUT2D eigenvalue weighted by atomic mass is 16.2. The molecule has 8 nitrogen and oxygen atoms in total. The van der Waals surface area contributed by atoms with Gasteiger partial charge in [0.1, 0.15) is 0 Å². The Kier molecular flexibility index (Phi) is 5.69. The Morgan fingerprint density at radius 2 is 2.04 bits per heavy atom. The van der Waals surface area contributed by atoms with Crippen LogP contribution in [0, 0.1) is 5.92 Å². The first-order chi connectivity index (χ1) is 13.2. The normalized spacial score (nSPS) is 17.0. The minimum atomic E-state index is -0.566. The van der Waals surface area contributed by atoms with Gasteiger partial charge in [-0.3, -0.25) is 19.1 Å². The van der Waals surface area contributed by atoms with Crippen molar-refractivity contribution in [1.82, 2.24) is 24.8 Å². The number of nitrogens with one attached hydrogen (secondary N) is 2. The number of likely N-dealkylation sites (N-methyl/N-ethyl adjacent to an activating group) is 1. The van der Waals surface area contributed by atoms with Gasteiger partial charge in [-0.1, -0.05) is 27.7 Å². The summed E-state index contributed by atoms with van der Waals surface area (Å²) in [6, 6.07) is 1.78. The SMILES string of the molecule is CC(C)Cn1c(=O)[nH]c(=O)c2c(C(=O)N(C)C3CCNC3)cc(C(C)C)nc21. The zero-order valence-electron chi connectivity index (χ0n) is 17.2. The van der Waals surface area contributed by atoms with Crippen molar-refractivity contribution in [1.29, 1.82) is 0 Å². The number of carbonyl (C=O) groups is 1. The van der Waals surface area contributed by atoms with E-state index in [1.165, 1.54) is 4.57 Å². The summed E-state index contributed by atoms with van der Waals surface area (Å²) < 4.78 is 1.47. The molecule has 0 saturated carbocycles. The van der Waals surface area contributed by atoms with Crippen molar-refractivity contribution in [2.75, 3.05) is 20.1 Å². The van der Waals surface area contributed by atoms with Gasteiger partial charge in [0.25, 0.3) is 11.5 Å². The fourth-order valence-electron chi connectivity index (χ4n) is 3.62. The molecule has 1 aliphatic heterocycles. The second-order valence-corrected chi connectivity index (χ2v) is 8.27. The fourth-order valence-corrected chi connectivity index (χ4v) is 3.62. The van der Waals surface area contributed by atoms with Crippen molar-refractivity contribution in [3.63, 3.8) is 0 Å². The number of carbonyl (C=O) groups excluding carboxylic acids is 1. The molecule has 1 unspecified atom stereocenters. The van der Waals surface area contributed by atoms with E-state index >= 15 is 0 Å². The third kappa shape index (κ3) is 3.73. The lowest BCUT2D eigenvalue weighted by molar-refractivity contribution is 0.0745. The summed E-state index contributed by atoms with van der Waals surface area (Å²) >= 11 is 0. The minimum absolute atomic E-state index is 0.0521. The number of amides is 1. The van der Waals surface area contributed by atoms with E-state index < -0.39 is 11.2 Å². The number of aromatic amines is 1. The van der Waals surface area contributed by atoms with E-state index in [0.29, 0.717) is 17.8 Å². The molecule has 2 N–H and O–H groups in total. The van der Waals surface area contributed by atoms with Crippen molar-refractivity contribution in [2.45, 2.75) is 52.6 Å². The molecule has 28 heavy (non-hydrogen) atoms. The van der Waals surface area contributed by atoms with Gasteiger partial charge in [0, 0.05) is 31.9 Å². The molecule has 2 aromatic rings. The van der Waals surface area contributed by atoms with Gasteiger partial charge < -0.3 is 10.2 Å². The van der Waals surface area contributed by atoms with Crippen LogP contribution in [0.25, 0.3) is 11.0 Å². The van der Waals surface area contributed by atoms with Crippen LogP contribution in [0.1, 0.15) is 56.1 Å². The molecule has 1 atom stereocenters. The molecular formula is C20H29N5O3. The molecule has 8 heteroatoms. The van der Waals surface area contributed by atoms with Gasteiger partial charge in [-0.15, -0.1) is 0 Å². The lowest BCUT2D eigenvalue weighted by Gasteiger charge is -2.25. The van der Waals surface area contributed by atoms with E-state index in [1.807, 2.05) is 27.7 Å². The van der Waals surface area contributed by atoms with Crippen molar-refractivity contribution in [2.24, 2.45) is 5.92 Å². The number of hydrogen-bond donors (Lipinski definition) is 2. The van der Waals surface area contributed by atoms with Crippen molar-refractivity contribution in [3.05, 3.63) is 38.2 Å². The Bertz CT molecular complexity index is 999. The quantitative estimate of drug-likeness (QED) is 0.805. The fraction of sp³-hybridized carbons (Fsp3) is 0.600. The topological polar surface area (TPSA) is 100 Å². The Hall–Kier alpha value is -2.48. The number of nitrogens with zero attached hydrogens (tertiary/aromatic N) is 3. The largest absolute Gasteiger partial charge is 0.337 e. The second kappa shape index (κ2) is 7.87. The van der Waals surface area contributed by atoms with Crippen LogP contribution in [-0.4, -0.2) is 51.5 Å². The van der Waals surface area contributed by atoms with E-state index in [2.05, 4.69) is 15.3 Å². The van der Waals surface area contributed by atoms with Crippen LogP contribution >= 0.6 is 0 Å². The average Bonchev–Trinajstić information content (AvgIpc) is 3.17. The molecule has 152 valence electrons. The van der Waals surface area contributed by atoms with Crippen LogP contribution in [0.3, 0.4) is 0 Å². The molecule has 0 aliphatic carbocycles. The predicted molar refractivity (Wildman–Crippen MR) is 109 cm³/mol. The molecule has 1 fully saturated rings. The van der Waals surface area contributed by atoms with Crippen LogP contribution in [0.2, 0.25) is 0 Å². The zero-order valence-corrected chi connectivity index (χ0v) is 17.2. The summed E-state index contributed by atoms with van der Waals surface area (Å²) in [6.45, 7) is 9.94. The van der Waals surface area contributed by atoms with Crippen LogP contribution in [-0.2, 0) is 6.54 Å². The van der Waals surface area contributed by atoms with Gasteiger partial charge >= 0.3 is 5.69 Å². The molecule has 1 saturated heterocycles. The number of rotatable bonds is 5. The van der Waals surface area contributed by atoms with Crippen molar-refractivity contribution < 1.29 is 4.79 Å². The highest BCUT2D eigenvalue weighted by Crippen LogP contribution is 2.22. The lowest BCUT2D eigenvalue weighted by atomic mass is 10.0. The maximum atomic E-state index is 13.3. The van der Waals surface area contributed by atoms with E-state index in [9.17, 15) is 14.4 Å². The van der Waals surface area contributed by atoms with E-state index in [0.717, 1.165) is 19.5 Å². The highest BCUT2D eigenvalue weighted by molar-refractivity contribution is 6.05. The Morgan fingerprint density at radius 1 is 1.32 bits per heavy atom. The summed E-state index contributed by atoms with van der Waals surface area (Å²) in [5.41, 5.74) is 0.226. The lowest BCUT2D eigenvalue weighted by Crippen LogP contribution is -2.40. The summed E-state index contributed by atoms with van der Waals surface area (Å²) in [7, 11) is 1.76. The average molecular weight is 387 g/mol. The first kappa shape index (κ1) is 20.3. The molecule has 1 amide bonds. The monoisotopic (exact) mass is 387 g/mol. The van der Waals surface area contributed by atoms with Gasteiger partial charge in [-0.25, -0.2) is 9.78 Å². The maximum Gasteiger partial charge on any atom is 0.330 e. The number of aromatic nitrogens is 3. The third-order valence-electron chi connectivity index (χ3n) is 5.24. The first-order valence-electron chi connectivity index (χ1n) is 9.86. The number of hydrogen-bond acceptors (Lipinski definition) is 5. The zero-order chi connectivity index (χ0) is 20.6. The molecule has 0 spiro atoms. The smallest absolute Gasteiger partial charge is 0.330 e. The second-order valence-electron chi connectivity index (χ2n) is 8.27. The molecule has 0 aromatic carbocycles. The molecular weight excluding hydrogens is 358 g/mol. The highest BCUT2D eigenvalue weighted by Gasteiger charge is 2.28. The Balaban J connectivity index is 2.27. The maximum absolute atomic E-state index is 13.3. The van der Waals surface area contributed by atoms with Crippen LogP contribution in [0.15, 0.2) is 15.7 Å². The van der Waals surface area contributed by atoms with Gasteiger partial charge in [-0.05, 0) is 30.9 Å². The van der Waals surface area contributed by atoms with Crippen molar-refractivity contribution in [3.8, 4) is 0 Å². The molecule has 1 aliphatic rings. The molecule has 3 heterocycles. The minimum Gasteiger partial charge on any atom is -0.337 e. The molecule has 0 radical (unpaired) electrons. The van der Waals surface area contributed by atoms with E-state index in [1.54, 1.807) is 18.0 Å². The predicted octanol–water partition coefficient (Wildman–Crippen LogP) is 1.30. The molecule has 3 rings (SSSR count). The van der Waals surface area contributed by atoms with Gasteiger partial charge in [-0.2, -0.15) is 0 Å². The molecule has 2 aromatic heterocycles. The summed E-state index contributed by atoms with van der Waals surface area (Å²) in [5.74, 6) is 0.0160. The van der Waals surface area contributed by atoms with E-state index in [4.69, 9.17) is 0 Å². The van der Waals surface area contributed by atoms with Gasteiger partial charge in [0.05, 0.1) is 10.9 Å². The Labute approximate surface area is 164 Å². The van der Waals surface area contributed by atoms with Gasteiger partial charge in [0.15, 0.2) is 5.65 Å². The number of pyridine rings is 1. The molecule has 0 bridgehead atoms. The number of H-pyrrole nitrogens is 1. The first-order valence-corrected chi connectivity index (χ1v) is 9.86. The van der Waals surface area contributed by atoms with E-state index in [-0.39, 0.29) is 34.8 Å². The van der Waals surface area contributed by atoms with Crippen LogP contribution in [0.4, 0.5) is 0 Å². The van der Waals surface area contributed by atoms with Crippen molar-refractivity contribution >= 4 is 16.9 Å². The van der Waals surface area contributed by atoms with Crippen LogP contribution in [0.5, 0.6) is 0 Å². The summed E-state index contributed by atoms with van der Waals surface area (Å²) in [4.78, 5) is 47.1. The third-order valence-corrected chi connectivity index (χ3v) is 5.24. The number of fused-ring (bicyclic) bond motifs is 1. The Morgan fingerprint density at radius 3 is 2.61 bits per heavy atom. The van der Waals surface area contributed by atoms with Gasteiger partial charge in [0.2, 0.25) is 0 Å². The summed E-state index contributed by atoms with van der Waals surface area (Å²) in [6.07, 6.45) is 0.872.